The van der Waals surface area contributed by atoms with E-state index in [1.807, 2.05) is 13.8 Å². The fourth-order valence-electron chi connectivity index (χ4n) is 10.8. The van der Waals surface area contributed by atoms with Gasteiger partial charge in [0, 0.05) is 69.4 Å². The molecule has 0 aromatic carbocycles. The molecule has 0 saturated carbocycles. The number of hydrogen-bond donors (Lipinski definition) is 14. The number of carbonyl (C=O) groups is 5. The summed E-state index contributed by atoms with van der Waals surface area (Å²) in [5.41, 5.74) is 5.69. The van der Waals surface area contributed by atoms with Crippen LogP contribution in [0, 0.1) is 47.3 Å². The highest BCUT2D eigenvalue weighted by molar-refractivity contribution is 5.90. The molecular formula is C62H105N3O21. The Morgan fingerprint density at radius 3 is 1.95 bits per heavy atom. The molecule has 0 amide bonds. The van der Waals surface area contributed by atoms with Gasteiger partial charge < -0.3 is 91.3 Å². The maximum absolute atomic E-state index is 13.9. The predicted molar refractivity (Wildman–Crippen MR) is 318 cm³/mol. The van der Waals surface area contributed by atoms with E-state index in [0.717, 1.165) is 38.6 Å². The number of aliphatic imine (C=N–C) groups is 1. The summed E-state index contributed by atoms with van der Waals surface area (Å²) in [6.45, 7) is 14.5. The van der Waals surface area contributed by atoms with Crippen LogP contribution in [-0.2, 0) is 42.9 Å². The second-order valence-electron chi connectivity index (χ2n) is 24.4. The van der Waals surface area contributed by atoms with Gasteiger partial charge >= 0.3 is 29.8 Å². The van der Waals surface area contributed by atoms with Crippen molar-refractivity contribution in [1.82, 2.24) is 5.32 Å². The van der Waals surface area contributed by atoms with Gasteiger partial charge in [-0.05, 0) is 76.0 Å². The number of nitrogens with two attached hydrogens (primary N) is 1. The number of nitrogens with one attached hydrogen (secondary N) is 1. The van der Waals surface area contributed by atoms with Crippen molar-refractivity contribution in [3.8, 4) is 0 Å². The van der Waals surface area contributed by atoms with E-state index < -0.39 is 183 Å². The summed E-state index contributed by atoms with van der Waals surface area (Å²) < 4.78 is 23.1. The number of nitrogens with zero attached hydrogens (tertiary/aromatic N) is 1. The summed E-state index contributed by atoms with van der Waals surface area (Å²) in [5, 5.41) is 135. The summed E-state index contributed by atoms with van der Waals surface area (Å²) in [5.74, 6) is -13.1. The molecule has 0 aromatic heterocycles. The van der Waals surface area contributed by atoms with Gasteiger partial charge in [-0.3, -0.25) is 29.0 Å². The molecule has 0 radical (unpaired) electrons. The van der Waals surface area contributed by atoms with Crippen molar-refractivity contribution < 1.29 is 104 Å². The van der Waals surface area contributed by atoms with Gasteiger partial charge in [-0.2, -0.15) is 0 Å². The van der Waals surface area contributed by atoms with Gasteiger partial charge in [0.05, 0.1) is 60.9 Å². The third-order valence-electron chi connectivity index (χ3n) is 16.7. The third-order valence-corrected chi connectivity index (χ3v) is 16.7. The number of carboxylic acid groups (broad SMARTS) is 2. The monoisotopic (exact) mass is 1230 g/mol. The highest BCUT2D eigenvalue weighted by atomic mass is 16.7. The number of guanidine groups is 1. The summed E-state index contributed by atoms with van der Waals surface area (Å²) >= 11 is 0. The van der Waals surface area contributed by atoms with Crippen molar-refractivity contribution in [3.05, 3.63) is 48.6 Å². The van der Waals surface area contributed by atoms with Crippen molar-refractivity contribution in [2.75, 3.05) is 13.6 Å². The minimum absolute atomic E-state index is 0.00166. The largest absolute Gasteiger partial charge is 0.481 e. The van der Waals surface area contributed by atoms with Crippen LogP contribution in [0.1, 0.15) is 158 Å². The Bertz CT molecular complexity index is 2200. The van der Waals surface area contributed by atoms with Crippen molar-refractivity contribution in [2.45, 2.75) is 243 Å². The van der Waals surface area contributed by atoms with Crippen molar-refractivity contribution in [3.63, 3.8) is 0 Å². The Hall–Kier alpha value is -4.86. The van der Waals surface area contributed by atoms with Crippen LogP contribution in [0.2, 0.25) is 0 Å². The fourth-order valence-corrected chi connectivity index (χ4v) is 10.8. The zero-order valence-electron chi connectivity index (χ0n) is 51.8. The zero-order chi connectivity index (χ0) is 65.0. The number of ether oxygens (including phenoxy) is 4. The number of rotatable bonds is 17. The molecule has 15 N–H and O–H groups in total. The number of esters is 3. The predicted octanol–water partition coefficient (Wildman–Crippen LogP) is 3.33. The van der Waals surface area contributed by atoms with E-state index in [-0.39, 0.29) is 43.4 Å². The first-order valence-electron chi connectivity index (χ1n) is 30.5. The Labute approximate surface area is 507 Å². The van der Waals surface area contributed by atoms with E-state index in [1.165, 1.54) is 39.0 Å². The second-order valence-corrected chi connectivity index (χ2v) is 24.4. The van der Waals surface area contributed by atoms with Crippen LogP contribution < -0.4 is 11.1 Å². The van der Waals surface area contributed by atoms with Crippen LogP contribution in [-0.4, -0.2) is 196 Å². The third kappa shape index (κ3) is 28.5. The van der Waals surface area contributed by atoms with Crippen molar-refractivity contribution in [2.24, 2.45) is 58.1 Å². The molecule has 22 atom stereocenters. The minimum Gasteiger partial charge on any atom is -0.481 e. The lowest BCUT2D eigenvalue weighted by Crippen LogP contribution is -2.60. The summed E-state index contributed by atoms with van der Waals surface area (Å²) in [7, 11) is 1.62. The highest BCUT2D eigenvalue weighted by Crippen LogP contribution is 2.38. The van der Waals surface area contributed by atoms with E-state index >= 15 is 0 Å². The maximum Gasteiger partial charge on any atom is 0.317 e. The fraction of sp³-hybridized carbons (Fsp3) is 0.774. The van der Waals surface area contributed by atoms with Crippen molar-refractivity contribution >= 4 is 35.8 Å². The molecule has 2 aliphatic heterocycles. The lowest BCUT2D eigenvalue weighted by atomic mass is 9.83. The molecule has 1 saturated heterocycles. The smallest absolute Gasteiger partial charge is 0.317 e. The summed E-state index contributed by atoms with van der Waals surface area (Å²) in [6, 6.07) is 0. The number of aliphatic hydroxyl groups excluding tert-OH is 9. The number of aliphatic carboxylic acids is 2. The van der Waals surface area contributed by atoms with Gasteiger partial charge in [-0.25, -0.2) is 0 Å². The average molecular weight is 1230 g/mol. The number of carbonyl (C=O) groups excluding carboxylic acids is 3. The quantitative estimate of drug-likeness (QED) is 0.0189. The highest BCUT2D eigenvalue weighted by Gasteiger charge is 2.51. The Morgan fingerprint density at radius 2 is 1.33 bits per heavy atom. The van der Waals surface area contributed by atoms with Gasteiger partial charge in [0.15, 0.2) is 11.7 Å². The molecule has 86 heavy (non-hydrogen) atoms. The van der Waals surface area contributed by atoms with Crippen LogP contribution >= 0.6 is 0 Å². The van der Waals surface area contributed by atoms with Gasteiger partial charge in [0.1, 0.15) is 37.3 Å². The molecule has 1 fully saturated rings. The molecule has 0 spiro atoms. The van der Waals surface area contributed by atoms with Crippen LogP contribution in [0.5, 0.6) is 0 Å². The van der Waals surface area contributed by atoms with E-state index in [0.29, 0.717) is 12.4 Å². The molecular weight excluding hydrogens is 1120 g/mol. The molecule has 24 nitrogen and oxygen atoms in total. The number of hydrogen-bond acceptors (Lipinski definition) is 20. The minimum atomic E-state index is -2.74. The molecule has 494 valence electrons. The Balaban J connectivity index is 2.54. The lowest BCUT2D eigenvalue weighted by Gasteiger charge is -2.45. The first-order valence-corrected chi connectivity index (χ1v) is 30.5. The first kappa shape index (κ1) is 77.2. The zero-order valence-corrected chi connectivity index (χ0v) is 51.8. The number of allylic oxidation sites excluding steroid dienone is 4. The number of cyclic esters (lactones) is 1. The number of carboxylic acids is 2. The molecule has 24 heteroatoms. The molecule has 2 aliphatic rings. The molecule has 0 aromatic rings. The van der Waals surface area contributed by atoms with E-state index in [2.05, 4.69) is 29.4 Å². The van der Waals surface area contributed by atoms with Crippen LogP contribution in [0.3, 0.4) is 0 Å². The first-order chi connectivity index (χ1) is 40.3. The van der Waals surface area contributed by atoms with Gasteiger partial charge in [0.25, 0.3) is 0 Å². The maximum atomic E-state index is 13.9. The Kier molecular flexibility index (Phi) is 35.2. The molecule has 0 unspecified atom stereocenters. The average Bonchev–Trinajstić information content (AvgIpc) is 1.63. The number of unbranched alkanes of at least 4 members (excludes halogenated alkanes) is 2. The SMILES string of the molecule is CN=C(N)NCCC/C=C/CCC[C@H](C)C[C@H](C)[C@H]1OC(=O)[C@H](C)[C@H](O)C=C[C@H](C)[C@H](O)C[C@H](O)[C@H](C)[C@@H](O)CC[C@H](C)[C@H](OC(=O)CC(=O)O)C[C@]2(O)O[C@H](C[C@@H](OC(=O)CC(=O)O)C[C@H](O)C[C@@H](O)[C@H](C)[C@H](O)C=CC=C[C@@H]1C)C[C@H](O)[C@H]2O. The number of aliphatic hydroxyl groups is 10. The van der Waals surface area contributed by atoms with E-state index in [4.69, 9.17) is 24.7 Å². The van der Waals surface area contributed by atoms with Gasteiger partial charge in [0.2, 0.25) is 0 Å². The Morgan fingerprint density at radius 1 is 0.721 bits per heavy atom. The van der Waals surface area contributed by atoms with Gasteiger partial charge in [-0.15, -0.1) is 0 Å². The standard InChI is InChI=1S/C62H105N3O21/c1-35(18-14-12-10-11-13-17-25-65-61(63)64-9)26-39(5)58-38(4)19-15-16-20-46(67)40(6)50(71)28-43(66)27-44(83-56(78)32-54(74)75)29-45-30-52(73)59(80)62(82,86-45)34-53(84-57(79)33-55(76)77)37(3)22-24-47(68)41(7)51(72)31-49(70)36(2)21-23-48(69)42(8)60(81)85-58/h10-11,15-16,19-21,23,35-53,58-59,66-73,80,82H,12-14,17-18,22,24-34H2,1-9H3,(H,74,75)(H,76,77)(H3,63,64,65)/b11-10+,19-15?,20-16?,23-21?/t35-,36-,37-,38-,39-,40+,41+,42+,43-,44-,45+,46+,47-,48+,49+,50+,51-,52-,53+,58-,59+,62-/m0/s1. The topological polar surface area (TPSA) is 415 Å². The van der Waals surface area contributed by atoms with Crippen LogP contribution in [0.15, 0.2) is 53.6 Å². The lowest BCUT2D eigenvalue weighted by molar-refractivity contribution is -0.334. The second kappa shape index (κ2) is 39.2. The molecule has 2 bridgehead atoms. The molecule has 2 heterocycles. The normalized spacial score (nSPS) is 35.8. The summed E-state index contributed by atoms with van der Waals surface area (Å²) in [6.07, 6.45) is -3.66. The summed E-state index contributed by atoms with van der Waals surface area (Å²) in [4.78, 5) is 66.3. The van der Waals surface area contributed by atoms with Crippen LogP contribution in [0.4, 0.5) is 0 Å². The van der Waals surface area contributed by atoms with Crippen molar-refractivity contribution in [1.29, 1.82) is 0 Å². The van der Waals surface area contributed by atoms with Crippen LogP contribution in [0.25, 0.3) is 0 Å². The molecule has 2 rings (SSSR count). The number of fused-ring (bicyclic) bond motifs is 2. The molecule has 0 aliphatic carbocycles. The van der Waals surface area contributed by atoms with E-state index in [9.17, 15) is 85.3 Å². The van der Waals surface area contributed by atoms with E-state index in [1.54, 1.807) is 39.1 Å². The van der Waals surface area contributed by atoms with Gasteiger partial charge in [-0.1, -0.05) is 103 Å².